The summed E-state index contributed by atoms with van der Waals surface area (Å²) in [7, 11) is 0. The third kappa shape index (κ3) is 5.13. The minimum Gasteiger partial charge on any atom is -0.477 e. The Kier molecular flexibility index (Phi) is 6.93. The summed E-state index contributed by atoms with van der Waals surface area (Å²) in [6.45, 7) is 15.1. The van der Waals surface area contributed by atoms with Crippen LogP contribution < -0.4 is 19.9 Å². The van der Waals surface area contributed by atoms with Crippen molar-refractivity contribution in [3.05, 3.63) is 47.6 Å². The van der Waals surface area contributed by atoms with E-state index in [1.54, 1.807) is 25.3 Å². The van der Waals surface area contributed by atoms with Crippen molar-refractivity contribution in [2.45, 2.75) is 77.0 Å². The Morgan fingerprint density at radius 3 is 2.51 bits per heavy atom. The molecule has 2 aromatic rings. The van der Waals surface area contributed by atoms with Gasteiger partial charge in [-0.15, -0.1) is 4.98 Å². The highest BCUT2D eigenvalue weighted by Crippen LogP contribution is 2.48. The average Bonchev–Trinajstić information content (AvgIpc) is 3.06. The van der Waals surface area contributed by atoms with Crippen molar-refractivity contribution in [3.63, 3.8) is 0 Å². The molecule has 2 aliphatic carbocycles. The van der Waals surface area contributed by atoms with Gasteiger partial charge in [-0.05, 0) is 95.6 Å². The molecule has 2 amide bonds. The van der Waals surface area contributed by atoms with Crippen molar-refractivity contribution >= 4 is 46.5 Å². The number of rotatable bonds is 6. The van der Waals surface area contributed by atoms with Gasteiger partial charge in [0.1, 0.15) is 17.3 Å². The molecule has 10 nitrogen and oxygen atoms in total. The van der Waals surface area contributed by atoms with Crippen LogP contribution in [0.25, 0.3) is 4.85 Å². The van der Waals surface area contributed by atoms with Crippen LogP contribution in [-0.4, -0.2) is 50.9 Å². The van der Waals surface area contributed by atoms with Crippen molar-refractivity contribution in [2.24, 2.45) is 5.92 Å². The summed E-state index contributed by atoms with van der Waals surface area (Å²) >= 11 is 5.81. The van der Waals surface area contributed by atoms with Crippen molar-refractivity contribution in [2.75, 3.05) is 16.4 Å². The fourth-order valence-electron chi connectivity index (χ4n) is 5.26. The number of thiocarbonyl (C=S) groups is 1. The number of nitrogens with one attached hydrogen (secondary N) is 1. The second kappa shape index (κ2) is 10.1. The highest BCUT2D eigenvalue weighted by Gasteiger charge is 2.59. The molecule has 1 aliphatic heterocycles. The number of carbonyl (C=O) groups excluding carboxylic acids is 2. The molecule has 0 bridgehead atoms. The number of carbonyl (C=O) groups is 2. The maximum Gasteiger partial charge on any atom is 0.407 e. The first kappa shape index (κ1) is 26.8. The number of hydrogen-bond acceptors (Lipinski definition) is 7. The number of hydrogen-bond donors (Lipinski definition) is 1. The zero-order valence-electron chi connectivity index (χ0n) is 22.6. The predicted molar refractivity (Wildman–Crippen MR) is 150 cm³/mol. The minimum atomic E-state index is -0.727. The van der Waals surface area contributed by atoms with E-state index in [1.807, 2.05) is 31.7 Å². The summed E-state index contributed by atoms with van der Waals surface area (Å²) in [5.41, 5.74) is 0.751. The molecule has 3 fully saturated rings. The normalized spacial score (nSPS) is 21.7. The number of alkyl carbamates (subject to hydrolysis) is 1. The van der Waals surface area contributed by atoms with Crippen LogP contribution in [0.1, 0.15) is 58.4 Å². The molecule has 5 rings (SSSR count). The van der Waals surface area contributed by atoms with Crippen LogP contribution in [0.15, 0.2) is 30.6 Å². The van der Waals surface area contributed by atoms with Gasteiger partial charge in [0.05, 0.1) is 24.2 Å². The maximum atomic E-state index is 13.6. The molecule has 0 atom stereocenters. The molecule has 3 heterocycles. The first-order chi connectivity index (χ1) is 18.5. The van der Waals surface area contributed by atoms with Crippen LogP contribution in [-0.2, 0) is 9.53 Å². The Labute approximate surface area is 233 Å². The number of anilines is 2. The summed E-state index contributed by atoms with van der Waals surface area (Å²) in [4.78, 5) is 41.1. The number of ether oxygens (including phenoxy) is 2. The van der Waals surface area contributed by atoms with Crippen LogP contribution in [0.5, 0.6) is 5.88 Å². The van der Waals surface area contributed by atoms with E-state index in [2.05, 4.69) is 20.1 Å². The summed E-state index contributed by atoms with van der Waals surface area (Å²) in [6.07, 6.45) is 6.82. The Balaban J connectivity index is 1.21. The number of aromatic nitrogens is 2. The lowest BCUT2D eigenvalue weighted by atomic mass is 9.75. The monoisotopic (exact) mass is 548 g/mol. The molecule has 0 radical (unpaired) electrons. The van der Waals surface area contributed by atoms with E-state index in [9.17, 15) is 9.59 Å². The van der Waals surface area contributed by atoms with Crippen LogP contribution in [0.4, 0.5) is 22.0 Å². The number of nitrogens with zero attached hydrogens (tertiary/aromatic N) is 5. The molecule has 3 aliphatic rings. The lowest BCUT2D eigenvalue weighted by molar-refractivity contribution is -0.123. The third-order valence-electron chi connectivity index (χ3n) is 7.40. The lowest BCUT2D eigenvalue weighted by Gasteiger charge is -2.42. The molecule has 1 N–H and O–H groups in total. The van der Waals surface area contributed by atoms with Gasteiger partial charge in [0.2, 0.25) is 5.88 Å². The molecule has 11 heteroatoms. The van der Waals surface area contributed by atoms with Crippen LogP contribution in [0.3, 0.4) is 0 Å². The molecule has 39 heavy (non-hydrogen) atoms. The number of pyridine rings is 2. The molecular formula is C28H32N6O4S. The predicted octanol–water partition coefficient (Wildman–Crippen LogP) is 5.08. The van der Waals surface area contributed by atoms with Crippen LogP contribution in [0.2, 0.25) is 0 Å². The first-order valence-electron chi connectivity index (χ1n) is 13.1. The Bertz CT molecular complexity index is 1340. The smallest absolute Gasteiger partial charge is 0.407 e. The third-order valence-corrected chi connectivity index (χ3v) is 7.76. The topological polar surface area (TPSA) is 101 Å². The Morgan fingerprint density at radius 2 is 1.95 bits per heavy atom. The molecule has 2 saturated carbocycles. The number of amides is 2. The second-order valence-corrected chi connectivity index (χ2v) is 11.8. The van der Waals surface area contributed by atoms with Gasteiger partial charge in [-0.25, -0.2) is 9.78 Å². The van der Waals surface area contributed by atoms with E-state index in [0.717, 1.165) is 24.9 Å². The molecule has 1 spiro atoms. The van der Waals surface area contributed by atoms with Gasteiger partial charge in [-0.1, -0.05) is 6.57 Å². The largest absolute Gasteiger partial charge is 0.477 e. The molecule has 2 aromatic heterocycles. The fraction of sp³-hybridized carbons (Fsp3) is 0.500. The lowest BCUT2D eigenvalue weighted by Crippen LogP contribution is -2.55. The van der Waals surface area contributed by atoms with E-state index in [-0.39, 0.29) is 11.9 Å². The standard InChI is InChI=1S/C28H32N6O4S/c1-17-11-21(15-31-23(17)29-5)33-24(35)28(9-6-10-28)34(26(33)39)20-7-8-22(30-14-20)37-16-18-12-19(13-18)32-25(36)38-27(2,3)4/h7-8,11,14-15,18-19H,6,9-10,12-13,16H2,1-4H3,(H,32,36). The Morgan fingerprint density at radius 1 is 1.23 bits per heavy atom. The van der Waals surface area contributed by atoms with Gasteiger partial charge in [0, 0.05) is 12.1 Å². The Hall–Kier alpha value is -3.78. The van der Waals surface area contributed by atoms with Gasteiger partial charge in [0.25, 0.3) is 11.7 Å². The molecule has 204 valence electrons. The van der Waals surface area contributed by atoms with Gasteiger partial charge in [-0.2, -0.15) is 0 Å². The first-order valence-corrected chi connectivity index (χ1v) is 13.5. The molecule has 1 saturated heterocycles. The van der Waals surface area contributed by atoms with E-state index < -0.39 is 17.2 Å². The van der Waals surface area contributed by atoms with Crippen LogP contribution in [0, 0.1) is 19.4 Å². The van der Waals surface area contributed by atoms with Crippen LogP contribution >= 0.6 is 12.2 Å². The van der Waals surface area contributed by atoms with E-state index >= 15 is 0 Å². The molecule has 0 unspecified atom stereocenters. The summed E-state index contributed by atoms with van der Waals surface area (Å²) in [5.74, 6) is 1.06. The van der Waals surface area contributed by atoms with Crippen molar-refractivity contribution in [3.8, 4) is 5.88 Å². The van der Waals surface area contributed by atoms with Crippen molar-refractivity contribution < 1.29 is 19.1 Å². The summed E-state index contributed by atoms with van der Waals surface area (Å²) in [5, 5.41) is 3.27. The van der Waals surface area contributed by atoms with Gasteiger partial charge >= 0.3 is 6.09 Å². The second-order valence-electron chi connectivity index (χ2n) is 11.4. The zero-order chi connectivity index (χ0) is 27.9. The van der Waals surface area contributed by atoms with E-state index in [1.165, 1.54) is 11.1 Å². The fourth-order valence-corrected chi connectivity index (χ4v) is 5.73. The van der Waals surface area contributed by atoms with Crippen molar-refractivity contribution in [1.82, 2.24) is 15.3 Å². The molecular weight excluding hydrogens is 516 g/mol. The highest BCUT2D eigenvalue weighted by atomic mass is 32.1. The van der Waals surface area contributed by atoms with Gasteiger partial charge < -0.3 is 24.5 Å². The number of aryl methyl sites for hydroxylation is 1. The van der Waals surface area contributed by atoms with Gasteiger partial charge in [0.15, 0.2) is 5.11 Å². The maximum absolute atomic E-state index is 13.6. The van der Waals surface area contributed by atoms with E-state index in [0.29, 0.717) is 53.4 Å². The highest BCUT2D eigenvalue weighted by molar-refractivity contribution is 7.81. The van der Waals surface area contributed by atoms with Crippen molar-refractivity contribution in [1.29, 1.82) is 0 Å². The summed E-state index contributed by atoms with van der Waals surface area (Å²) < 4.78 is 11.2. The molecule has 0 aromatic carbocycles. The minimum absolute atomic E-state index is 0.0737. The SMILES string of the molecule is [C-]#[N+]c1ncc(N2C(=O)C3(CCC3)N(c3ccc(OCC4CC(NC(=O)OC(C)(C)C)C4)nc3)C2=S)cc1C. The zero-order valence-corrected chi connectivity index (χ0v) is 23.4. The summed E-state index contributed by atoms with van der Waals surface area (Å²) in [6, 6.07) is 5.55. The average molecular weight is 549 g/mol. The quantitative estimate of drug-likeness (QED) is 0.394. The van der Waals surface area contributed by atoms with E-state index in [4.69, 9.17) is 28.3 Å². The van der Waals surface area contributed by atoms with Gasteiger partial charge in [-0.3, -0.25) is 9.69 Å².